The van der Waals surface area contributed by atoms with E-state index in [1.54, 1.807) is 21.3 Å². The first-order valence-corrected chi connectivity index (χ1v) is 10.7. The molecule has 2 aromatic carbocycles. The van der Waals surface area contributed by atoms with Gasteiger partial charge in [0.1, 0.15) is 0 Å². The molecule has 0 spiro atoms. The standard InChI is InChI=1S/C23H31ClN4O3.HI/c1-25-23(26-15-17-4-7-19(24)8-5-17)27-16-20(28-10-12-31-13-11-28)18-6-9-21(29-2)22(14-18)30-3;/h4-9,14,20H,10-13,15-16H2,1-3H3,(H2,25,26,27);1H. The fraction of sp³-hybridized carbons (Fsp3) is 0.435. The number of halogens is 2. The molecular weight excluding hydrogens is 543 g/mol. The van der Waals surface area contributed by atoms with Crippen LogP contribution < -0.4 is 20.1 Å². The Morgan fingerprint density at radius 2 is 1.75 bits per heavy atom. The Kier molecular flexibility index (Phi) is 11.4. The lowest BCUT2D eigenvalue weighted by molar-refractivity contribution is 0.0169. The van der Waals surface area contributed by atoms with Crippen LogP contribution in [0.25, 0.3) is 0 Å². The van der Waals surface area contributed by atoms with Gasteiger partial charge < -0.3 is 24.8 Å². The van der Waals surface area contributed by atoms with Crippen molar-refractivity contribution >= 4 is 41.5 Å². The van der Waals surface area contributed by atoms with Crippen LogP contribution in [-0.4, -0.2) is 65.0 Å². The number of ether oxygens (including phenoxy) is 3. The summed E-state index contributed by atoms with van der Waals surface area (Å²) in [4.78, 5) is 6.79. The van der Waals surface area contributed by atoms with Crippen LogP contribution in [0.4, 0.5) is 0 Å². The fourth-order valence-electron chi connectivity index (χ4n) is 3.61. The SMILES string of the molecule is CN=C(NCc1ccc(Cl)cc1)NCC(c1ccc(OC)c(OC)c1)N1CCOCC1.I. The molecule has 1 unspecified atom stereocenters. The van der Waals surface area contributed by atoms with Gasteiger partial charge in [-0.15, -0.1) is 24.0 Å². The van der Waals surface area contributed by atoms with E-state index in [1.165, 1.54) is 0 Å². The summed E-state index contributed by atoms with van der Waals surface area (Å²) in [6, 6.07) is 14.0. The van der Waals surface area contributed by atoms with E-state index in [1.807, 2.05) is 36.4 Å². The maximum absolute atomic E-state index is 5.97. The van der Waals surface area contributed by atoms with Crippen molar-refractivity contribution in [3.63, 3.8) is 0 Å². The molecule has 1 aliphatic rings. The van der Waals surface area contributed by atoms with Gasteiger partial charge in [-0.2, -0.15) is 0 Å². The summed E-state index contributed by atoms with van der Waals surface area (Å²) in [5, 5.41) is 7.57. The summed E-state index contributed by atoms with van der Waals surface area (Å²) in [5.41, 5.74) is 2.29. The number of benzene rings is 2. The van der Waals surface area contributed by atoms with E-state index < -0.39 is 0 Å². The smallest absolute Gasteiger partial charge is 0.191 e. The quantitative estimate of drug-likeness (QED) is 0.285. The van der Waals surface area contributed by atoms with E-state index in [9.17, 15) is 0 Å². The summed E-state index contributed by atoms with van der Waals surface area (Å²) in [7, 11) is 5.08. The average Bonchev–Trinajstić information content (AvgIpc) is 2.82. The van der Waals surface area contributed by atoms with Crippen LogP contribution in [0.5, 0.6) is 11.5 Å². The van der Waals surface area contributed by atoms with Gasteiger partial charge in [0.25, 0.3) is 0 Å². The second-order valence-corrected chi connectivity index (χ2v) is 7.65. The molecule has 9 heteroatoms. The van der Waals surface area contributed by atoms with Crippen molar-refractivity contribution in [2.75, 3.05) is 54.1 Å². The van der Waals surface area contributed by atoms with Gasteiger partial charge in [-0.1, -0.05) is 29.8 Å². The van der Waals surface area contributed by atoms with Gasteiger partial charge in [0, 0.05) is 38.2 Å². The molecule has 1 saturated heterocycles. The monoisotopic (exact) mass is 574 g/mol. The molecule has 1 atom stereocenters. The summed E-state index contributed by atoms with van der Waals surface area (Å²) < 4.78 is 16.5. The first-order valence-electron chi connectivity index (χ1n) is 10.4. The van der Waals surface area contributed by atoms with Gasteiger partial charge in [0.2, 0.25) is 0 Å². The normalized spacial score (nSPS) is 15.4. The largest absolute Gasteiger partial charge is 0.493 e. The minimum Gasteiger partial charge on any atom is -0.493 e. The third-order valence-electron chi connectivity index (χ3n) is 5.34. The van der Waals surface area contributed by atoms with Crippen LogP contribution in [0.1, 0.15) is 17.2 Å². The van der Waals surface area contributed by atoms with Gasteiger partial charge >= 0.3 is 0 Å². The number of nitrogens with zero attached hydrogens (tertiary/aromatic N) is 2. The number of hydrogen-bond acceptors (Lipinski definition) is 5. The number of hydrogen-bond donors (Lipinski definition) is 2. The number of rotatable bonds is 8. The first kappa shape index (κ1) is 26.5. The molecule has 1 fully saturated rings. The van der Waals surface area contributed by atoms with Crippen LogP contribution in [0.3, 0.4) is 0 Å². The average molecular weight is 575 g/mol. The molecule has 2 aromatic rings. The van der Waals surface area contributed by atoms with E-state index >= 15 is 0 Å². The Hall–Kier alpha value is -1.75. The van der Waals surface area contributed by atoms with Gasteiger partial charge in [-0.05, 0) is 35.4 Å². The molecule has 1 heterocycles. The minimum absolute atomic E-state index is 0. The van der Waals surface area contributed by atoms with E-state index in [-0.39, 0.29) is 30.0 Å². The zero-order chi connectivity index (χ0) is 22.1. The Balaban J connectivity index is 0.00000363. The molecular formula is C23H32ClIN4O3. The topological polar surface area (TPSA) is 67.4 Å². The highest BCUT2D eigenvalue weighted by molar-refractivity contribution is 14.0. The first-order chi connectivity index (χ1) is 15.1. The molecule has 0 aliphatic carbocycles. The third kappa shape index (κ3) is 7.40. The summed E-state index contributed by atoms with van der Waals surface area (Å²) in [5.74, 6) is 2.19. The Bertz CT molecular complexity index is 861. The lowest BCUT2D eigenvalue weighted by Gasteiger charge is -2.35. The van der Waals surface area contributed by atoms with Crippen molar-refractivity contribution < 1.29 is 14.2 Å². The highest BCUT2D eigenvalue weighted by Crippen LogP contribution is 2.32. The second-order valence-electron chi connectivity index (χ2n) is 7.21. The van der Waals surface area contributed by atoms with E-state index in [2.05, 4.69) is 26.6 Å². The van der Waals surface area contributed by atoms with Crippen molar-refractivity contribution in [2.45, 2.75) is 12.6 Å². The van der Waals surface area contributed by atoms with Crippen LogP contribution in [-0.2, 0) is 11.3 Å². The zero-order valence-electron chi connectivity index (χ0n) is 18.8. The van der Waals surface area contributed by atoms with Crippen LogP contribution in [0, 0.1) is 0 Å². The van der Waals surface area contributed by atoms with Crippen LogP contribution in [0.2, 0.25) is 5.02 Å². The van der Waals surface area contributed by atoms with Gasteiger partial charge in [-0.3, -0.25) is 9.89 Å². The van der Waals surface area contributed by atoms with E-state index in [0.717, 1.165) is 59.9 Å². The predicted molar refractivity (Wildman–Crippen MR) is 140 cm³/mol. The van der Waals surface area contributed by atoms with Gasteiger partial charge in [0.05, 0.1) is 33.5 Å². The number of guanidine groups is 1. The fourth-order valence-corrected chi connectivity index (χ4v) is 3.73. The molecule has 0 aromatic heterocycles. The minimum atomic E-state index is 0. The number of methoxy groups -OCH3 is 2. The maximum atomic E-state index is 5.97. The lowest BCUT2D eigenvalue weighted by Crippen LogP contribution is -2.46. The lowest BCUT2D eigenvalue weighted by atomic mass is 10.0. The molecule has 176 valence electrons. The molecule has 7 nitrogen and oxygen atoms in total. The van der Waals surface area contributed by atoms with Crippen molar-refractivity contribution in [2.24, 2.45) is 4.99 Å². The number of aliphatic imine (C=N–C) groups is 1. The number of nitrogens with one attached hydrogen (secondary N) is 2. The van der Waals surface area contributed by atoms with Crippen molar-refractivity contribution in [1.29, 1.82) is 0 Å². The molecule has 0 amide bonds. The molecule has 3 rings (SSSR count). The summed E-state index contributed by atoms with van der Waals surface area (Å²) in [6.07, 6.45) is 0. The number of morpholine rings is 1. The molecule has 1 aliphatic heterocycles. The Morgan fingerprint density at radius 1 is 1.06 bits per heavy atom. The second kappa shape index (κ2) is 13.7. The maximum Gasteiger partial charge on any atom is 0.191 e. The Labute approximate surface area is 212 Å². The van der Waals surface area contributed by atoms with Crippen molar-refractivity contribution in [3.05, 3.63) is 58.6 Å². The molecule has 0 radical (unpaired) electrons. The summed E-state index contributed by atoms with van der Waals surface area (Å²) in [6.45, 7) is 4.56. The predicted octanol–water partition coefficient (Wildman–Crippen LogP) is 3.71. The highest BCUT2D eigenvalue weighted by Gasteiger charge is 2.24. The molecule has 2 N–H and O–H groups in total. The summed E-state index contributed by atoms with van der Waals surface area (Å²) >= 11 is 5.97. The molecule has 0 saturated carbocycles. The van der Waals surface area contributed by atoms with Gasteiger partial charge in [0.15, 0.2) is 17.5 Å². The van der Waals surface area contributed by atoms with Crippen LogP contribution in [0.15, 0.2) is 47.5 Å². The molecule has 0 bridgehead atoms. The highest BCUT2D eigenvalue weighted by atomic mass is 127. The zero-order valence-corrected chi connectivity index (χ0v) is 21.9. The van der Waals surface area contributed by atoms with Gasteiger partial charge in [-0.25, -0.2) is 0 Å². The van der Waals surface area contributed by atoms with E-state index in [4.69, 9.17) is 25.8 Å². The third-order valence-corrected chi connectivity index (χ3v) is 5.59. The van der Waals surface area contributed by atoms with E-state index in [0.29, 0.717) is 13.1 Å². The Morgan fingerprint density at radius 3 is 2.38 bits per heavy atom. The van der Waals surface area contributed by atoms with Crippen LogP contribution >= 0.6 is 35.6 Å². The van der Waals surface area contributed by atoms with Crippen molar-refractivity contribution in [3.8, 4) is 11.5 Å². The molecule has 32 heavy (non-hydrogen) atoms. The van der Waals surface area contributed by atoms with Crippen molar-refractivity contribution in [1.82, 2.24) is 15.5 Å².